The number of hydrogen-bond acceptors (Lipinski definition) is 4. The van der Waals surface area contributed by atoms with Gasteiger partial charge in [-0.15, -0.1) is 0 Å². The van der Waals surface area contributed by atoms with E-state index in [4.69, 9.17) is 27.9 Å². The van der Waals surface area contributed by atoms with Crippen LogP contribution in [0.25, 0.3) is 0 Å². The summed E-state index contributed by atoms with van der Waals surface area (Å²) in [7, 11) is 1.92. The van der Waals surface area contributed by atoms with Crippen LogP contribution < -0.4 is 10.1 Å². The van der Waals surface area contributed by atoms with E-state index in [0.717, 1.165) is 12.4 Å². The van der Waals surface area contributed by atoms with Gasteiger partial charge in [0.15, 0.2) is 6.61 Å². The molecular weight excluding hydrogens is 351 g/mol. The number of rotatable bonds is 4. The molecule has 1 amide bonds. The van der Waals surface area contributed by atoms with Crippen LogP contribution in [0.5, 0.6) is 5.75 Å². The maximum absolute atomic E-state index is 12.6. The van der Waals surface area contributed by atoms with E-state index in [0.29, 0.717) is 28.9 Å². The van der Waals surface area contributed by atoms with Crippen LogP contribution in [0.2, 0.25) is 10.0 Å². The average Bonchev–Trinajstić information content (AvgIpc) is 2.99. The van der Waals surface area contributed by atoms with Crippen LogP contribution in [0.1, 0.15) is 11.9 Å². The molecule has 1 unspecified atom stereocenters. The fourth-order valence-electron chi connectivity index (χ4n) is 2.75. The zero-order valence-corrected chi connectivity index (χ0v) is 14.7. The number of nitrogens with zero attached hydrogens (tertiary/aromatic N) is 3. The highest BCUT2D eigenvalue weighted by molar-refractivity contribution is 6.35. The van der Waals surface area contributed by atoms with Gasteiger partial charge in [-0.05, 0) is 18.2 Å². The van der Waals surface area contributed by atoms with Gasteiger partial charge in [0.2, 0.25) is 0 Å². The predicted octanol–water partition coefficient (Wildman–Crippen LogP) is 2.28. The average molecular weight is 369 g/mol. The molecule has 2 aromatic rings. The van der Waals surface area contributed by atoms with E-state index in [-0.39, 0.29) is 18.6 Å². The maximum Gasteiger partial charge on any atom is 0.261 e. The van der Waals surface area contributed by atoms with Gasteiger partial charge in [-0.1, -0.05) is 23.2 Å². The van der Waals surface area contributed by atoms with Crippen molar-refractivity contribution in [1.29, 1.82) is 0 Å². The number of amides is 1. The van der Waals surface area contributed by atoms with E-state index in [9.17, 15) is 4.79 Å². The van der Waals surface area contributed by atoms with E-state index in [1.54, 1.807) is 29.3 Å². The summed E-state index contributed by atoms with van der Waals surface area (Å²) in [5, 5.41) is 4.21. The van der Waals surface area contributed by atoms with Crippen LogP contribution in [-0.4, -0.2) is 46.6 Å². The summed E-state index contributed by atoms with van der Waals surface area (Å²) < 4.78 is 7.50. The van der Waals surface area contributed by atoms with E-state index in [1.165, 1.54) is 0 Å². The van der Waals surface area contributed by atoms with E-state index >= 15 is 0 Å². The Balaban J connectivity index is 1.69. The van der Waals surface area contributed by atoms with Gasteiger partial charge in [0.1, 0.15) is 17.6 Å². The summed E-state index contributed by atoms with van der Waals surface area (Å²) in [5.41, 5.74) is 0. The summed E-state index contributed by atoms with van der Waals surface area (Å²) in [4.78, 5) is 18.8. The van der Waals surface area contributed by atoms with Crippen LogP contribution in [0.3, 0.4) is 0 Å². The highest BCUT2D eigenvalue weighted by atomic mass is 35.5. The number of imidazole rings is 1. The normalized spacial score (nSPS) is 17.8. The van der Waals surface area contributed by atoms with Gasteiger partial charge < -0.3 is 19.5 Å². The molecule has 1 atom stereocenters. The summed E-state index contributed by atoms with van der Waals surface area (Å²) in [6, 6.07) is 4.81. The van der Waals surface area contributed by atoms with Gasteiger partial charge >= 0.3 is 0 Å². The summed E-state index contributed by atoms with van der Waals surface area (Å²) >= 11 is 11.9. The fourth-order valence-corrected chi connectivity index (χ4v) is 3.21. The second-order valence-electron chi connectivity index (χ2n) is 5.57. The van der Waals surface area contributed by atoms with Gasteiger partial charge in [0, 0.05) is 44.1 Å². The lowest BCUT2D eigenvalue weighted by molar-refractivity contribution is -0.137. The third-order valence-corrected chi connectivity index (χ3v) is 4.50. The van der Waals surface area contributed by atoms with Crippen molar-refractivity contribution in [2.75, 3.05) is 26.2 Å². The molecule has 1 aliphatic heterocycles. The van der Waals surface area contributed by atoms with Gasteiger partial charge in [0.05, 0.1) is 5.02 Å². The molecule has 1 saturated heterocycles. The first-order valence-electron chi connectivity index (χ1n) is 7.61. The number of aryl methyl sites for hydroxylation is 1. The summed E-state index contributed by atoms with van der Waals surface area (Å²) in [6.45, 7) is 1.93. The maximum atomic E-state index is 12.6. The zero-order valence-electron chi connectivity index (χ0n) is 13.2. The first-order valence-corrected chi connectivity index (χ1v) is 8.37. The molecule has 24 heavy (non-hydrogen) atoms. The number of ether oxygens (including phenoxy) is 1. The number of aromatic nitrogens is 2. The van der Waals surface area contributed by atoms with Crippen LogP contribution >= 0.6 is 23.2 Å². The molecule has 1 fully saturated rings. The molecule has 0 radical (unpaired) electrons. The second kappa shape index (κ2) is 7.42. The second-order valence-corrected chi connectivity index (χ2v) is 6.41. The minimum atomic E-state index is -0.115. The largest absolute Gasteiger partial charge is 0.482 e. The van der Waals surface area contributed by atoms with Crippen molar-refractivity contribution in [3.05, 3.63) is 46.5 Å². The van der Waals surface area contributed by atoms with Crippen LogP contribution in [0, 0.1) is 0 Å². The lowest BCUT2D eigenvalue weighted by Crippen LogP contribution is -2.50. The van der Waals surface area contributed by atoms with E-state index in [2.05, 4.69) is 10.3 Å². The molecule has 1 aliphatic rings. The molecule has 6 nitrogen and oxygen atoms in total. The van der Waals surface area contributed by atoms with Crippen molar-refractivity contribution < 1.29 is 9.53 Å². The molecule has 8 heteroatoms. The number of halogens is 2. The van der Waals surface area contributed by atoms with Gasteiger partial charge in [0.25, 0.3) is 5.91 Å². The zero-order chi connectivity index (χ0) is 17.1. The van der Waals surface area contributed by atoms with E-state index in [1.807, 2.05) is 17.8 Å². The third kappa shape index (κ3) is 3.66. The quantitative estimate of drug-likeness (QED) is 0.899. The number of hydrogen-bond donors (Lipinski definition) is 1. The van der Waals surface area contributed by atoms with Crippen molar-refractivity contribution in [3.63, 3.8) is 0 Å². The van der Waals surface area contributed by atoms with Gasteiger partial charge in [-0.2, -0.15) is 0 Å². The Morgan fingerprint density at radius 1 is 1.46 bits per heavy atom. The first kappa shape index (κ1) is 17.1. The smallest absolute Gasteiger partial charge is 0.261 e. The predicted molar refractivity (Wildman–Crippen MR) is 92.5 cm³/mol. The summed E-state index contributed by atoms with van der Waals surface area (Å²) in [6.07, 6.45) is 3.60. The molecule has 1 aromatic carbocycles. The van der Waals surface area contributed by atoms with Crippen LogP contribution in [-0.2, 0) is 11.8 Å². The fraction of sp³-hybridized carbons (Fsp3) is 0.375. The van der Waals surface area contributed by atoms with Crippen LogP contribution in [0.15, 0.2) is 30.6 Å². The topological polar surface area (TPSA) is 59.4 Å². The highest BCUT2D eigenvalue weighted by Gasteiger charge is 2.30. The molecule has 1 N–H and O–H groups in total. The Morgan fingerprint density at radius 2 is 2.29 bits per heavy atom. The molecule has 1 aromatic heterocycles. The minimum Gasteiger partial charge on any atom is -0.482 e. The standard InChI is InChI=1S/C16H18Cl2N4O2/c1-21-6-5-20-16(21)13-9-19-4-7-22(13)15(23)10-24-14-3-2-11(17)8-12(14)18/h2-3,5-6,8,13,19H,4,7,9-10H2,1H3. The molecule has 0 spiro atoms. The molecule has 0 saturated carbocycles. The molecule has 0 bridgehead atoms. The number of nitrogens with one attached hydrogen (secondary N) is 1. The Hall–Kier alpha value is -1.76. The minimum absolute atomic E-state index is 0.0811. The Labute approximate surface area is 150 Å². The van der Waals surface area contributed by atoms with Crippen molar-refractivity contribution in [3.8, 4) is 5.75 Å². The molecule has 0 aliphatic carbocycles. The summed E-state index contributed by atoms with van der Waals surface area (Å²) in [5.74, 6) is 1.19. The van der Waals surface area contributed by atoms with Crippen molar-refractivity contribution in [1.82, 2.24) is 19.8 Å². The van der Waals surface area contributed by atoms with Crippen molar-refractivity contribution >= 4 is 29.1 Å². The molecule has 2 heterocycles. The number of piperazine rings is 1. The number of benzene rings is 1. The Bertz CT molecular complexity index is 735. The Morgan fingerprint density at radius 3 is 3.00 bits per heavy atom. The van der Waals surface area contributed by atoms with Gasteiger partial charge in [-0.25, -0.2) is 4.98 Å². The third-order valence-electron chi connectivity index (χ3n) is 3.97. The lowest BCUT2D eigenvalue weighted by atomic mass is 10.1. The SMILES string of the molecule is Cn1ccnc1C1CNCCN1C(=O)COc1ccc(Cl)cc1Cl. The number of carbonyl (C=O) groups excluding carboxylic acids is 1. The first-order chi connectivity index (χ1) is 11.6. The van der Waals surface area contributed by atoms with Gasteiger partial charge in [-0.3, -0.25) is 4.79 Å². The molecule has 3 rings (SSSR count). The number of carbonyl (C=O) groups is 1. The highest BCUT2D eigenvalue weighted by Crippen LogP contribution is 2.28. The Kier molecular flexibility index (Phi) is 5.28. The lowest BCUT2D eigenvalue weighted by Gasteiger charge is -2.35. The van der Waals surface area contributed by atoms with Crippen molar-refractivity contribution in [2.45, 2.75) is 6.04 Å². The monoisotopic (exact) mass is 368 g/mol. The molecular formula is C16H18Cl2N4O2. The molecule has 128 valence electrons. The van der Waals surface area contributed by atoms with Crippen LogP contribution in [0.4, 0.5) is 0 Å². The van der Waals surface area contributed by atoms with E-state index < -0.39 is 0 Å². The van der Waals surface area contributed by atoms with Crippen molar-refractivity contribution in [2.24, 2.45) is 7.05 Å².